The Kier molecular flexibility index (Phi) is 3.39. The summed E-state index contributed by atoms with van der Waals surface area (Å²) < 4.78 is 0. The predicted molar refractivity (Wildman–Crippen MR) is 72.6 cm³/mol. The van der Waals surface area contributed by atoms with Crippen LogP contribution in [0.25, 0.3) is 0 Å². The summed E-state index contributed by atoms with van der Waals surface area (Å²) in [5.41, 5.74) is 2.18. The molecule has 0 saturated carbocycles. The van der Waals surface area contributed by atoms with Crippen LogP contribution in [0.4, 0.5) is 0 Å². The number of benzene rings is 2. The Hall–Kier alpha value is -1.80. The summed E-state index contributed by atoms with van der Waals surface area (Å²) in [4.78, 5) is 0. The molecular weight excluding hydrogens is 224 g/mol. The molecule has 2 aromatic carbocycles. The van der Waals surface area contributed by atoms with Gasteiger partial charge < -0.3 is 10.2 Å². The number of aryl methyl sites for hydroxylation is 1. The van der Waals surface area contributed by atoms with E-state index in [1.165, 1.54) is 5.56 Å². The molecule has 0 radical (unpaired) electrons. The smallest absolute Gasteiger partial charge is 0.115 e. The predicted octanol–water partition coefficient (Wildman–Crippen LogP) is 3.15. The maximum atomic E-state index is 10.5. The van der Waals surface area contributed by atoms with E-state index in [1.54, 1.807) is 12.1 Å². The molecule has 0 spiro atoms. The minimum atomic E-state index is -0.898. The van der Waals surface area contributed by atoms with Crippen LogP contribution in [0.3, 0.4) is 0 Å². The van der Waals surface area contributed by atoms with Crippen LogP contribution in [-0.4, -0.2) is 10.2 Å². The van der Waals surface area contributed by atoms with Gasteiger partial charge in [-0.2, -0.15) is 0 Å². The zero-order valence-electron chi connectivity index (χ0n) is 10.7. The third kappa shape index (κ3) is 2.90. The summed E-state index contributed by atoms with van der Waals surface area (Å²) >= 11 is 0. The average Bonchev–Trinajstić information content (AvgIpc) is 2.32. The van der Waals surface area contributed by atoms with Gasteiger partial charge in [0.05, 0.1) is 5.60 Å². The standard InChI is InChI=1S/C16H18O2/c1-12-3-7-14(8-4-12)16(2,18)11-13-5-9-15(17)10-6-13/h3-10,17-18H,11H2,1-2H3. The molecule has 94 valence electrons. The maximum Gasteiger partial charge on any atom is 0.115 e. The molecule has 0 aliphatic rings. The summed E-state index contributed by atoms with van der Waals surface area (Å²) in [6.45, 7) is 3.84. The lowest BCUT2D eigenvalue weighted by Gasteiger charge is -2.24. The molecule has 1 atom stereocenters. The summed E-state index contributed by atoms with van der Waals surface area (Å²) in [7, 11) is 0. The van der Waals surface area contributed by atoms with Crippen molar-refractivity contribution in [3.05, 3.63) is 65.2 Å². The Balaban J connectivity index is 2.20. The highest BCUT2D eigenvalue weighted by Gasteiger charge is 2.23. The number of hydrogen-bond donors (Lipinski definition) is 2. The highest BCUT2D eigenvalue weighted by Crippen LogP contribution is 2.26. The van der Waals surface area contributed by atoms with Gasteiger partial charge in [0, 0.05) is 6.42 Å². The molecule has 0 aromatic heterocycles. The first-order valence-electron chi connectivity index (χ1n) is 6.05. The van der Waals surface area contributed by atoms with Crippen LogP contribution >= 0.6 is 0 Å². The second-order valence-electron chi connectivity index (χ2n) is 4.98. The highest BCUT2D eigenvalue weighted by molar-refractivity contribution is 5.31. The van der Waals surface area contributed by atoms with Crippen LogP contribution in [0.2, 0.25) is 0 Å². The zero-order chi connectivity index (χ0) is 13.2. The molecule has 2 heteroatoms. The third-order valence-electron chi connectivity index (χ3n) is 3.16. The van der Waals surface area contributed by atoms with Crippen LogP contribution in [0.1, 0.15) is 23.6 Å². The Morgan fingerprint density at radius 1 is 0.944 bits per heavy atom. The summed E-state index contributed by atoms with van der Waals surface area (Å²) in [5.74, 6) is 0.244. The van der Waals surface area contributed by atoms with Crippen molar-refractivity contribution in [2.75, 3.05) is 0 Å². The van der Waals surface area contributed by atoms with Gasteiger partial charge in [-0.15, -0.1) is 0 Å². The Morgan fingerprint density at radius 2 is 1.50 bits per heavy atom. The van der Waals surface area contributed by atoms with Crippen molar-refractivity contribution in [3.63, 3.8) is 0 Å². The van der Waals surface area contributed by atoms with E-state index in [0.717, 1.165) is 11.1 Å². The quantitative estimate of drug-likeness (QED) is 0.868. The molecule has 2 rings (SSSR count). The van der Waals surface area contributed by atoms with Crippen molar-refractivity contribution >= 4 is 0 Å². The monoisotopic (exact) mass is 242 g/mol. The summed E-state index contributed by atoms with van der Waals surface area (Å²) in [6.07, 6.45) is 0.524. The molecule has 0 bridgehead atoms. The lowest BCUT2D eigenvalue weighted by Crippen LogP contribution is -2.24. The number of phenolic OH excluding ortho intramolecular Hbond substituents is 1. The number of rotatable bonds is 3. The van der Waals surface area contributed by atoms with Crippen molar-refractivity contribution in [2.24, 2.45) is 0 Å². The van der Waals surface area contributed by atoms with Gasteiger partial charge in [-0.05, 0) is 37.1 Å². The minimum absolute atomic E-state index is 0.244. The van der Waals surface area contributed by atoms with E-state index in [2.05, 4.69) is 0 Å². The molecular formula is C16H18O2. The minimum Gasteiger partial charge on any atom is -0.508 e. The van der Waals surface area contributed by atoms with Crippen LogP contribution in [0, 0.1) is 6.92 Å². The van der Waals surface area contributed by atoms with Crippen molar-refractivity contribution < 1.29 is 10.2 Å². The SMILES string of the molecule is Cc1ccc(C(C)(O)Cc2ccc(O)cc2)cc1. The van der Waals surface area contributed by atoms with E-state index >= 15 is 0 Å². The Morgan fingerprint density at radius 3 is 2.06 bits per heavy atom. The number of phenols is 1. The molecule has 1 unspecified atom stereocenters. The van der Waals surface area contributed by atoms with E-state index in [9.17, 15) is 10.2 Å². The number of hydrogen-bond acceptors (Lipinski definition) is 2. The number of aliphatic hydroxyl groups is 1. The van der Waals surface area contributed by atoms with Crippen molar-refractivity contribution in [2.45, 2.75) is 25.9 Å². The molecule has 2 nitrogen and oxygen atoms in total. The van der Waals surface area contributed by atoms with Crippen LogP contribution < -0.4 is 0 Å². The molecule has 18 heavy (non-hydrogen) atoms. The van der Waals surface area contributed by atoms with Gasteiger partial charge in [-0.25, -0.2) is 0 Å². The first kappa shape index (κ1) is 12.7. The van der Waals surface area contributed by atoms with E-state index in [0.29, 0.717) is 6.42 Å². The fourth-order valence-corrected chi connectivity index (χ4v) is 2.03. The van der Waals surface area contributed by atoms with Crippen LogP contribution in [0.15, 0.2) is 48.5 Å². The molecule has 0 aliphatic heterocycles. The molecule has 2 aromatic rings. The maximum absolute atomic E-state index is 10.5. The zero-order valence-corrected chi connectivity index (χ0v) is 10.7. The Bertz CT molecular complexity index is 510. The van der Waals surface area contributed by atoms with Gasteiger partial charge in [0.1, 0.15) is 5.75 Å². The highest BCUT2D eigenvalue weighted by atomic mass is 16.3. The second kappa shape index (κ2) is 4.83. The van der Waals surface area contributed by atoms with Gasteiger partial charge >= 0.3 is 0 Å². The van der Waals surface area contributed by atoms with Gasteiger partial charge in [-0.1, -0.05) is 42.0 Å². The fourth-order valence-electron chi connectivity index (χ4n) is 2.03. The molecule has 0 fully saturated rings. The second-order valence-corrected chi connectivity index (χ2v) is 4.98. The fraction of sp³-hybridized carbons (Fsp3) is 0.250. The summed E-state index contributed by atoms with van der Waals surface area (Å²) in [5, 5.41) is 19.8. The first-order valence-corrected chi connectivity index (χ1v) is 6.05. The first-order chi connectivity index (χ1) is 8.47. The van der Waals surface area contributed by atoms with Crippen LogP contribution in [-0.2, 0) is 12.0 Å². The van der Waals surface area contributed by atoms with Crippen molar-refractivity contribution in [1.82, 2.24) is 0 Å². The van der Waals surface area contributed by atoms with E-state index in [4.69, 9.17) is 0 Å². The average molecular weight is 242 g/mol. The molecule has 0 aliphatic carbocycles. The van der Waals surface area contributed by atoms with E-state index in [1.807, 2.05) is 50.2 Å². The summed E-state index contributed by atoms with van der Waals surface area (Å²) in [6, 6.07) is 14.9. The normalized spacial score (nSPS) is 14.2. The van der Waals surface area contributed by atoms with Gasteiger partial charge in [-0.3, -0.25) is 0 Å². The lowest BCUT2D eigenvalue weighted by molar-refractivity contribution is 0.0576. The largest absolute Gasteiger partial charge is 0.508 e. The van der Waals surface area contributed by atoms with Gasteiger partial charge in [0.2, 0.25) is 0 Å². The van der Waals surface area contributed by atoms with E-state index < -0.39 is 5.60 Å². The lowest BCUT2D eigenvalue weighted by atomic mass is 9.89. The van der Waals surface area contributed by atoms with Crippen molar-refractivity contribution in [3.8, 4) is 5.75 Å². The third-order valence-corrected chi connectivity index (χ3v) is 3.16. The van der Waals surface area contributed by atoms with E-state index in [-0.39, 0.29) is 5.75 Å². The molecule has 0 heterocycles. The van der Waals surface area contributed by atoms with Gasteiger partial charge in [0.25, 0.3) is 0 Å². The molecule has 0 amide bonds. The number of aromatic hydroxyl groups is 1. The Labute approximate surface area is 108 Å². The topological polar surface area (TPSA) is 40.5 Å². The van der Waals surface area contributed by atoms with Crippen LogP contribution in [0.5, 0.6) is 5.75 Å². The van der Waals surface area contributed by atoms with Crippen molar-refractivity contribution in [1.29, 1.82) is 0 Å². The van der Waals surface area contributed by atoms with Gasteiger partial charge in [0.15, 0.2) is 0 Å². The molecule has 2 N–H and O–H groups in total. The molecule has 0 saturated heterocycles.